The third-order valence-electron chi connectivity index (χ3n) is 9.07. The molecular formula is C34H35N7O5. The molecular weight excluding hydrogens is 586 g/mol. The summed E-state index contributed by atoms with van der Waals surface area (Å²) in [5, 5.41) is 14.0. The van der Waals surface area contributed by atoms with Crippen LogP contribution in [0.2, 0.25) is 0 Å². The number of hydrogen-bond donors (Lipinski definition) is 3. The highest BCUT2D eigenvalue weighted by Gasteiger charge is 2.52. The molecule has 236 valence electrons. The van der Waals surface area contributed by atoms with Gasteiger partial charge in [0.2, 0.25) is 11.8 Å². The van der Waals surface area contributed by atoms with Crippen LogP contribution in [0.5, 0.6) is 0 Å². The van der Waals surface area contributed by atoms with Crippen molar-refractivity contribution in [2.45, 2.75) is 37.6 Å². The molecule has 5 bridgehead atoms. The summed E-state index contributed by atoms with van der Waals surface area (Å²) in [7, 11) is 1.70. The Bertz CT molecular complexity index is 1880. The van der Waals surface area contributed by atoms with Crippen molar-refractivity contribution in [3.63, 3.8) is 0 Å². The Morgan fingerprint density at radius 1 is 1.00 bits per heavy atom. The predicted molar refractivity (Wildman–Crippen MR) is 170 cm³/mol. The second kappa shape index (κ2) is 12.1. The van der Waals surface area contributed by atoms with Gasteiger partial charge in [0, 0.05) is 55.5 Å². The summed E-state index contributed by atoms with van der Waals surface area (Å²) < 4.78 is 11.4. The van der Waals surface area contributed by atoms with Crippen molar-refractivity contribution >= 4 is 40.5 Å². The zero-order valence-electron chi connectivity index (χ0n) is 25.8. The number of aromatic nitrogens is 4. The van der Waals surface area contributed by atoms with E-state index >= 15 is 0 Å². The number of ether oxygens (including phenoxy) is 2. The Morgan fingerprint density at radius 3 is 2.76 bits per heavy atom. The zero-order valence-corrected chi connectivity index (χ0v) is 25.8. The lowest BCUT2D eigenvalue weighted by atomic mass is 9.79. The fraction of sp³-hybridized carbons (Fsp3) is 0.353. The lowest BCUT2D eigenvalue weighted by molar-refractivity contribution is -0.132. The van der Waals surface area contributed by atoms with Gasteiger partial charge in [-0.25, -0.2) is 4.98 Å². The number of nitrogens with zero attached hydrogens (tertiary/aromatic N) is 4. The monoisotopic (exact) mass is 621 g/mol. The molecule has 0 saturated heterocycles. The van der Waals surface area contributed by atoms with Crippen molar-refractivity contribution in [2.75, 3.05) is 45.3 Å². The van der Waals surface area contributed by atoms with E-state index in [4.69, 9.17) is 9.47 Å². The van der Waals surface area contributed by atoms with Crippen LogP contribution >= 0.6 is 0 Å². The maximum atomic E-state index is 13.8. The van der Waals surface area contributed by atoms with Crippen molar-refractivity contribution in [3.05, 3.63) is 88.0 Å². The molecule has 1 aromatic carbocycles. The number of fused-ring (bicyclic) bond motifs is 3. The van der Waals surface area contributed by atoms with Gasteiger partial charge < -0.3 is 25.0 Å². The number of carbonyl (C=O) groups excluding carboxylic acids is 3. The average Bonchev–Trinajstić information content (AvgIpc) is 3.75. The minimum Gasteiger partial charge on any atom is -0.377 e. The van der Waals surface area contributed by atoms with Crippen LogP contribution in [-0.2, 0) is 43.7 Å². The van der Waals surface area contributed by atoms with E-state index in [1.54, 1.807) is 30.4 Å². The molecule has 2 atom stereocenters. The standard InChI is InChI=1S/C34H35N7O5/c1-20-10-22(11-24-19-37-40-29(20)24)13-27-32(43)41(2)5-7-46-9-8-45-6-3-4-21-12-26-30(36-17-21)39-33(44)34(26)15-23-14-25(31(42)38-27)18-35-28(23)16-34/h3-4,10-12,14,17-19,27H,5-9,13,15-16H2,1-2H3,(H,37,40)(H,38,42)(H,36,39,44)/b4-3+/t27-,34-/m0/s1. The SMILES string of the molecule is Cc1cc(C[C@@H]2NC(=O)c3cnc4c(c3)C[C@@]3(C4)C(=O)Nc4ncc(cc43)/C=C/COCCOCCN(C)C2=O)cc2cn[nH]c12. The first-order valence-corrected chi connectivity index (χ1v) is 15.4. The van der Waals surface area contributed by atoms with Gasteiger partial charge in [-0.3, -0.25) is 24.5 Å². The molecule has 3 N–H and O–H groups in total. The molecule has 2 aliphatic heterocycles. The largest absolute Gasteiger partial charge is 0.377 e. The lowest BCUT2D eigenvalue weighted by Crippen LogP contribution is -2.49. The Labute approximate surface area is 265 Å². The van der Waals surface area contributed by atoms with Crippen LogP contribution in [0.1, 0.15) is 43.9 Å². The van der Waals surface area contributed by atoms with Gasteiger partial charge in [0.15, 0.2) is 0 Å². The van der Waals surface area contributed by atoms with Crippen LogP contribution in [0.15, 0.2) is 48.9 Å². The molecule has 0 unspecified atom stereocenters. The molecule has 7 rings (SSSR count). The molecule has 3 aliphatic rings. The van der Waals surface area contributed by atoms with E-state index < -0.39 is 17.4 Å². The first kappa shape index (κ1) is 29.8. The fourth-order valence-electron chi connectivity index (χ4n) is 6.63. The van der Waals surface area contributed by atoms with Gasteiger partial charge >= 0.3 is 0 Å². The summed E-state index contributed by atoms with van der Waals surface area (Å²) in [4.78, 5) is 51.7. The van der Waals surface area contributed by atoms with Gasteiger partial charge in [0.1, 0.15) is 11.9 Å². The summed E-state index contributed by atoms with van der Waals surface area (Å²) in [6, 6.07) is 6.92. The highest BCUT2D eigenvalue weighted by molar-refractivity contribution is 6.06. The molecule has 0 radical (unpaired) electrons. The number of hydrogen-bond acceptors (Lipinski definition) is 8. The summed E-state index contributed by atoms with van der Waals surface area (Å²) in [6.45, 7) is 3.82. The van der Waals surface area contributed by atoms with E-state index in [0.29, 0.717) is 57.2 Å². The molecule has 4 aromatic rings. The molecule has 1 spiro atoms. The van der Waals surface area contributed by atoms with Crippen LogP contribution in [0.4, 0.5) is 5.82 Å². The minimum absolute atomic E-state index is 0.128. The van der Waals surface area contributed by atoms with Gasteiger partial charge in [-0.2, -0.15) is 5.10 Å². The van der Waals surface area contributed by atoms with Gasteiger partial charge in [0.25, 0.3) is 5.91 Å². The Morgan fingerprint density at radius 2 is 1.87 bits per heavy atom. The summed E-state index contributed by atoms with van der Waals surface area (Å²) in [6.07, 6.45) is 9.90. The van der Waals surface area contributed by atoms with Crippen molar-refractivity contribution in [2.24, 2.45) is 0 Å². The van der Waals surface area contributed by atoms with Crippen LogP contribution in [0.3, 0.4) is 0 Å². The van der Waals surface area contributed by atoms with E-state index in [-0.39, 0.29) is 18.2 Å². The molecule has 46 heavy (non-hydrogen) atoms. The van der Waals surface area contributed by atoms with Crippen molar-refractivity contribution in [1.82, 2.24) is 30.4 Å². The predicted octanol–water partition coefficient (Wildman–Crippen LogP) is 2.51. The number of anilines is 1. The number of amides is 3. The number of benzene rings is 1. The van der Waals surface area contributed by atoms with Crippen molar-refractivity contribution in [1.29, 1.82) is 0 Å². The smallest absolute Gasteiger partial charge is 0.253 e. The van der Waals surface area contributed by atoms with Crippen molar-refractivity contribution in [3.8, 4) is 0 Å². The van der Waals surface area contributed by atoms with E-state index in [2.05, 4.69) is 30.8 Å². The molecule has 1 aliphatic carbocycles. The average molecular weight is 622 g/mol. The second-order valence-electron chi connectivity index (χ2n) is 12.2. The molecule has 3 amide bonds. The number of pyridine rings is 2. The molecule has 5 heterocycles. The number of aryl methyl sites for hydroxylation is 1. The van der Waals surface area contributed by atoms with Crippen LogP contribution < -0.4 is 10.6 Å². The second-order valence-corrected chi connectivity index (χ2v) is 12.2. The molecule has 3 aromatic heterocycles. The fourth-order valence-corrected chi connectivity index (χ4v) is 6.63. The van der Waals surface area contributed by atoms with Gasteiger partial charge in [-0.05, 0) is 53.8 Å². The third-order valence-corrected chi connectivity index (χ3v) is 9.07. The lowest BCUT2D eigenvalue weighted by Gasteiger charge is -2.25. The van der Waals surface area contributed by atoms with Gasteiger partial charge in [-0.15, -0.1) is 0 Å². The van der Waals surface area contributed by atoms with Gasteiger partial charge in [0.05, 0.1) is 49.1 Å². The van der Waals surface area contributed by atoms with Crippen molar-refractivity contribution < 1.29 is 23.9 Å². The van der Waals surface area contributed by atoms with Crippen LogP contribution in [-0.4, -0.2) is 88.8 Å². The first-order chi connectivity index (χ1) is 22.3. The van der Waals surface area contributed by atoms with E-state index in [0.717, 1.165) is 44.4 Å². The normalized spacial score (nSPS) is 22.8. The quantitative estimate of drug-likeness (QED) is 0.309. The zero-order chi connectivity index (χ0) is 31.8. The third kappa shape index (κ3) is 5.54. The Hall–Kier alpha value is -4.94. The Balaban J connectivity index is 1.20. The minimum atomic E-state index is -0.855. The number of rotatable bonds is 2. The molecule has 0 fully saturated rings. The number of carbonyl (C=O) groups is 3. The molecule has 0 saturated carbocycles. The van der Waals surface area contributed by atoms with E-state index in [9.17, 15) is 14.4 Å². The Kier molecular flexibility index (Phi) is 7.83. The number of likely N-dealkylation sites (N-methyl/N-ethyl adjacent to an activating group) is 1. The summed E-state index contributed by atoms with van der Waals surface area (Å²) >= 11 is 0. The maximum Gasteiger partial charge on any atom is 0.253 e. The van der Waals surface area contributed by atoms with Crippen LogP contribution in [0, 0.1) is 6.92 Å². The highest BCUT2D eigenvalue weighted by Crippen LogP contribution is 2.46. The number of aromatic amines is 1. The molecule has 12 nitrogen and oxygen atoms in total. The number of nitrogens with one attached hydrogen (secondary N) is 3. The van der Waals surface area contributed by atoms with Gasteiger partial charge in [-0.1, -0.05) is 18.2 Å². The topological polar surface area (TPSA) is 151 Å². The first-order valence-electron chi connectivity index (χ1n) is 15.4. The van der Waals surface area contributed by atoms with E-state index in [1.165, 1.54) is 6.20 Å². The number of H-pyrrole nitrogens is 1. The highest BCUT2D eigenvalue weighted by atomic mass is 16.5. The summed E-state index contributed by atoms with van der Waals surface area (Å²) in [5.74, 6) is -0.229. The van der Waals surface area contributed by atoms with E-state index in [1.807, 2.05) is 37.3 Å². The summed E-state index contributed by atoms with van der Waals surface area (Å²) in [5.41, 5.74) is 5.58. The molecule has 12 heteroatoms. The maximum absolute atomic E-state index is 13.8. The van der Waals surface area contributed by atoms with Crippen LogP contribution in [0.25, 0.3) is 17.0 Å².